The lowest BCUT2D eigenvalue weighted by Crippen LogP contribution is -2.21. The number of carbonyl (C=O) groups is 4. The van der Waals surface area contributed by atoms with E-state index in [9.17, 15) is 19.2 Å². The van der Waals surface area contributed by atoms with Crippen LogP contribution in [-0.2, 0) is 23.9 Å². The fraction of sp³-hybridized carbons (Fsp3) is 0.267. The third-order valence-corrected chi connectivity index (χ3v) is 5.68. The van der Waals surface area contributed by atoms with E-state index < -0.39 is 24.5 Å². The van der Waals surface area contributed by atoms with Crippen LogP contribution >= 0.6 is 0 Å². The largest absolute Gasteiger partial charge is 0.462 e. The third-order valence-electron chi connectivity index (χ3n) is 5.68. The Balaban J connectivity index is 1.32. The van der Waals surface area contributed by atoms with Gasteiger partial charge in [-0.2, -0.15) is 0 Å². The summed E-state index contributed by atoms with van der Waals surface area (Å²) in [6, 6.07) is 19.0. The summed E-state index contributed by atoms with van der Waals surface area (Å²) in [6.07, 6.45) is 0.391. The summed E-state index contributed by atoms with van der Waals surface area (Å²) in [7, 11) is 0. The van der Waals surface area contributed by atoms with Crippen molar-refractivity contribution in [2.75, 3.05) is 23.8 Å². The number of rotatable bonds is 12. The van der Waals surface area contributed by atoms with Crippen LogP contribution in [0.3, 0.4) is 0 Å². The monoisotopic (exact) mass is 532 g/mol. The molecule has 0 saturated heterocycles. The summed E-state index contributed by atoms with van der Waals surface area (Å²) in [5, 5.41) is 5.36. The highest BCUT2D eigenvalue weighted by atomic mass is 16.5. The van der Waals surface area contributed by atoms with E-state index in [1.165, 1.54) is 17.7 Å². The van der Waals surface area contributed by atoms with Gasteiger partial charge in [0.25, 0.3) is 5.91 Å². The fourth-order valence-electron chi connectivity index (χ4n) is 3.46. The van der Waals surface area contributed by atoms with Gasteiger partial charge in [-0.1, -0.05) is 6.07 Å². The number of carbonyl (C=O) groups excluding carboxylic acids is 4. The molecule has 2 N–H and O–H groups in total. The van der Waals surface area contributed by atoms with Gasteiger partial charge >= 0.3 is 11.9 Å². The van der Waals surface area contributed by atoms with Gasteiger partial charge in [-0.3, -0.25) is 14.4 Å². The second-order valence-corrected chi connectivity index (χ2v) is 8.78. The molecule has 0 aliphatic heterocycles. The number of esters is 2. The second kappa shape index (κ2) is 14.3. The Hall–Kier alpha value is -4.66. The lowest BCUT2D eigenvalue weighted by atomic mass is 10.1. The zero-order valence-electron chi connectivity index (χ0n) is 22.2. The molecule has 0 aliphatic carbocycles. The highest BCUT2D eigenvalue weighted by Crippen LogP contribution is 2.25. The van der Waals surface area contributed by atoms with E-state index in [0.717, 1.165) is 11.3 Å². The minimum atomic E-state index is -0.580. The average Bonchev–Trinajstić information content (AvgIpc) is 2.91. The van der Waals surface area contributed by atoms with Crippen molar-refractivity contribution in [1.82, 2.24) is 0 Å². The van der Waals surface area contributed by atoms with Gasteiger partial charge in [-0.25, -0.2) is 4.79 Å². The number of hydrogen-bond donors (Lipinski definition) is 2. The first-order valence-electron chi connectivity index (χ1n) is 12.6. The van der Waals surface area contributed by atoms with Crippen LogP contribution in [0.4, 0.5) is 11.4 Å². The second-order valence-electron chi connectivity index (χ2n) is 8.78. The predicted molar refractivity (Wildman–Crippen MR) is 147 cm³/mol. The van der Waals surface area contributed by atoms with Crippen molar-refractivity contribution in [3.8, 4) is 11.5 Å². The van der Waals surface area contributed by atoms with E-state index in [-0.39, 0.29) is 31.8 Å². The minimum Gasteiger partial charge on any atom is -0.462 e. The van der Waals surface area contributed by atoms with Crippen molar-refractivity contribution in [3.05, 3.63) is 83.4 Å². The Bertz CT molecular complexity index is 1300. The van der Waals surface area contributed by atoms with Gasteiger partial charge in [0.2, 0.25) is 5.91 Å². The quantitative estimate of drug-likeness (QED) is 0.293. The number of ether oxygens (including phenoxy) is 3. The SMILES string of the molecule is CCOC(=O)c1ccc(NC(=O)COC(=O)CCCC(=O)Nc2ccc(Oc3ccc(C)c(C)c3)cc2)cc1. The molecular weight excluding hydrogens is 500 g/mol. The van der Waals surface area contributed by atoms with E-state index >= 15 is 0 Å². The molecule has 3 aromatic rings. The number of nitrogens with one attached hydrogen (secondary N) is 2. The van der Waals surface area contributed by atoms with E-state index in [1.807, 2.05) is 32.0 Å². The van der Waals surface area contributed by atoms with Gasteiger partial charge in [0, 0.05) is 24.2 Å². The van der Waals surface area contributed by atoms with E-state index in [4.69, 9.17) is 14.2 Å². The highest BCUT2D eigenvalue weighted by molar-refractivity contribution is 5.94. The standard InChI is InChI=1S/C30H32N2O7/c1-4-37-30(36)22-9-11-23(12-10-22)32-28(34)19-38-29(35)7-5-6-27(33)31-24-13-16-25(17-14-24)39-26-15-8-20(2)21(3)18-26/h8-18H,4-7,19H2,1-3H3,(H,31,33)(H,32,34). The number of amides is 2. The van der Waals surface area contributed by atoms with Gasteiger partial charge in [-0.05, 0) is 99.0 Å². The summed E-state index contributed by atoms with van der Waals surface area (Å²) in [6.45, 7) is 5.59. The van der Waals surface area contributed by atoms with Gasteiger partial charge in [0.05, 0.1) is 12.2 Å². The van der Waals surface area contributed by atoms with Crippen molar-refractivity contribution >= 4 is 35.1 Å². The van der Waals surface area contributed by atoms with Crippen LogP contribution < -0.4 is 15.4 Å². The molecule has 0 saturated carbocycles. The van der Waals surface area contributed by atoms with Crippen LogP contribution in [0.5, 0.6) is 11.5 Å². The van der Waals surface area contributed by atoms with E-state index in [0.29, 0.717) is 22.7 Å². The Morgan fingerprint density at radius 2 is 1.31 bits per heavy atom. The van der Waals surface area contributed by atoms with Crippen LogP contribution in [0.2, 0.25) is 0 Å². The van der Waals surface area contributed by atoms with Gasteiger partial charge < -0.3 is 24.8 Å². The summed E-state index contributed by atoms with van der Waals surface area (Å²) in [5.41, 5.74) is 3.76. The predicted octanol–water partition coefficient (Wildman–Crippen LogP) is 5.56. The Morgan fingerprint density at radius 1 is 0.692 bits per heavy atom. The maximum Gasteiger partial charge on any atom is 0.338 e. The topological polar surface area (TPSA) is 120 Å². The normalized spacial score (nSPS) is 10.3. The molecule has 0 unspecified atom stereocenters. The van der Waals surface area contributed by atoms with Gasteiger partial charge in [0.15, 0.2) is 6.61 Å². The molecule has 0 heterocycles. The first-order valence-corrected chi connectivity index (χ1v) is 12.6. The Labute approximate surface area is 227 Å². The molecule has 0 aliphatic rings. The first-order chi connectivity index (χ1) is 18.7. The smallest absolute Gasteiger partial charge is 0.338 e. The molecule has 0 fully saturated rings. The summed E-state index contributed by atoms with van der Waals surface area (Å²) >= 11 is 0. The van der Waals surface area contributed by atoms with Crippen molar-refractivity contribution in [1.29, 1.82) is 0 Å². The Kier molecular flexibility index (Phi) is 10.6. The minimum absolute atomic E-state index is 0.00230. The van der Waals surface area contributed by atoms with Crippen LogP contribution in [-0.4, -0.2) is 37.0 Å². The number of aryl methyl sites for hydroxylation is 2. The maximum absolute atomic E-state index is 12.2. The van der Waals surface area contributed by atoms with Crippen LogP contribution in [0.15, 0.2) is 66.7 Å². The molecule has 9 nitrogen and oxygen atoms in total. The maximum atomic E-state index is 12.2. The highest BCUT2D eigenvalue weighted by Gasteiger charge is 2.11. The molecule has 3 rings (SSSR count). The van der Waals surface area contributed by atoms with E-state index in [2.05, 4.69) is 10.6 Å². The first kappa shape index (κ1) is 28.9. The van der Waals surface area contributed by atoms with Crippen molar-refractivity contribution in [2.24, 2.45) is 0 Å². The fourth-order valence-corrected chi connectivity index (χ4v) is 3.46. The van der Waals surface area contributed by atoms with Crippen LogP contribution in [0.25, 0.3) is 0 Å². The summed E-state index contributed by atoms with van der Waals surface area (Å²) in [4.78, 5) is 47.9. The summed E-state index contributed by atoms with van der Waals surface area (Å²) < 4.78 is 15.7. The Morgan fingerprint density at radius 3 is 1.95 bits per heavy atom. The molecule has 204 valence electrons. The molecule has 0 aromatic heterocycles. The molecular formula is C30H32N2O7. The zero-order chi connectivity index (χ0) is 28.2. The molecule has 0 radical (unpaired) electrons. The number of anilines is 2. The molecule has 39 heavy (non-hydrogen) atoms. The summed E-state index contributed by atoms with van der Waals surface area (Å²) in [5.74, 6) is -0.400. The molecule has 3 aromatic carbocycles. The molecule has 9 heteroatoms. The molecule has 2 amide bonds. The van der Waals surface area contributed by atoms with Crippen molar-refractivity contribution in [2.45, 2.75) is 40.0 Å². The zero-order valence-corrected chi connectivity index (χ0v) is 22.2. The average molecular weight is 533 g/mol. The molecule has 0 bridgehead atoms. The van der Waals surface area contributed by atoms with Crippen molar-refractivity contribution in [3.63, 3.8) is 0 Å². The molecule has 0 atom stereocenters. The van der Waals surface area contributed by atoms with Crippen LogP contribution in [0, 0.1) is 13.8 Å². The van der Waals surface area contributed by atoms with Gasteiger partial charge in [0.1, 0.15) is 11.5 Å². The molecule has 0 spiro atoms. The lowest BCUT2D eigenvalue weighted by Gasteiger charge is -2.10. The van der Waals surface area contributed by atoms with E-state index in [1.54, 1.807) is 43.3 Å². The van der Waals surface area contributed by atoms with Crippen LogP contribution in [0.1, 0.15) is 47.7 Å². The van der Waals surface area contributed by atoms with Gasteiger partial charge in [-0.15, -0.1) is 0 Å². The number of benzene rings is 3. The third kappa shape index (κ3) is 9.62. The number of hydrogen-bond acceptors (Lipinski definition) is 7. The lowest BCUT2D eigenvalue weighted by molar-refractivity contribution is -0.147. The van der Waals surface area contributed by atoms with Crippen molar-refractivity contribution < 1.29 is 33.4 Å².